The normalized spacial score (nSPS) is 11.1. The monoisotopic (exact) mass is 436 g/mol. The maximum absolute atomic E-state index is 4.33. The van der Waals surface area contributed by atoms with Gasteiger partial charge in [-0.3, -0.25) is 4.99 Å². The summed E-state index contributed by atoms with van der Waals surface area (Å²) in [4.78, 5) is 13.4. The fraction of sp³-hybridized carbons (Fsp3) is 0.429. The van der Waals surface area contributed by atoms with Crippen LogP contribution in [0, 0.1) is 6.92 Å². The lowest BCUT2D eigenvalue weighted by atomic mass is 10.3. The number of thiazole rings is 1. The van der Waals surface area contributed by atoms with Crippen LogP contribution in [0.2, 0.25) is 0 Å². The van der Waals surface area contributed by atoms with E-state index in [1.165, 1.54) is 9.75 Å². The van der Waals surface area contributed by atoms with E-state index in [0.29, 0.717) is 0 Å². The highest BCUT2D eigenvalue weighted by Gasteiger charge is 2.07. The van der Waals surface area contributed by atoms with Crippen molar-refractivity contribution in [1.29, 1.82) is 0 Å². The molecule has 0 saturated heterocycles. The average molecular weight is 436 g/mol. The molecule has 0 atom stereocenters. The van der Waals surface area contributed by atoms with Crippen molar-refractivity contribution < 1.29 is 0 Å². The third-order valence-electron chi connectivity index (χ3n) is 2.94. The summed E-state index contributed by atoms with van der Waals surface area (Å²) >= 11 is 3.52. The number of nitrogens with one attached hydrogen (secondary N) is 1. The van der Waals surface area contributed by atoms with Gasteiger partial charge in [0.2, 0.25) is 0 Å². The molecule has 2 rings (SSSR count). The molecule has 0 aliphatic carbocycles. The van der Waals surface area contributed by atoms with Crippen LogP contribution in [-0.2, 0) is 13.0 Å². The average Bonchev–Trinajstić information content (AvgIpc) is 3.08. The summed E-state index contributed by atoms with van der Waals surface area (Å²) in [5, 5.41) is 6.60. The zero-order valence-electron chi connectivity index (χ0n) is 12.5. The summed E-state index contributed by atoms with van der Waals surface area (Å²) < 4.78 is 0. The van der Waals surface area contributed by atoms with E-state index in [0.717, 1.165) is 30.5 Å². The molecule has 1 N–H and O–H groups in total. The van der Waals surface area contributed by atoms with Crippen LogP contribution >= 0.6 is 46.7 Å². The minimum Gasteiger partial charge on any atom is -0.351 e. The van der Waals surface area contributed by atoms with Crippen LogP contribution in [0.25, 0.3) is 0 Å². The van der Waals surface area contributed by atoms with Gasteiger partial charge in [-0.1, -0.05) is 6.07 Å². The smallest absolute Gasteiger partial charge is 0.193 e. The van der Waals surface area contributed by atoms with Gasteiger partial charge in [-0.2, -0.15) is 0 Å². The second kappa shape index (κ2) is 9.37. The van der Waals surface area contributed by atoms with Crippen molar-refractivity contribution in [1.82, 2.24) is 15.2 Å². The maximum Gasteiger partial charge on any atom is 0.193 e. The lowest BCUT2D eigenvalue weighted by Gasteiger charge is -2.21. The van der Waals surface area contributed by atoms with Gasteiger partial charge in [0.05, 0.1) is 11.6 Å². The number of aryl methyl sites for hydroxylation is 1. The molecule has 0 aromatic carbocycles. The highest BCUT2D eigenvalue weighted by Crippen LogP contribution is 2.11. The molecule has 0 unspecified atom stereocenters. The largest absolute Gasteiger partial charge is 0.351 e. The third kappa shape index (κ3) is 5.91. The summed E-state index contributed by atoms with van der Waals surface area (Å²) in [6, 6.07) is 4.27. The lowest BCUT2D eigenvalue weighted by molar-refractivity contribution is 0.487. The van der Waals surface area contributed by atoms with Crippen molar-refractivity contribution in [3.8, 4) is 0 Å². The fourth-order valence-electron chi connectivity index (χ4n) is 1.88. The number of halogens is 1. The maximum atomic E-state index is 4.33. The summed E-state index contributed by atoms with van der Waals surface area (Å²) in [5.41, 5.74) is 0. The number of aliphatic imine (C=N–C) groups is 1. The number of guanidine groups is 1. The molecule has 2 aromatic heterocycles. The molecule has 0 aliphatic heterocycles. The standard InChI is InChI=1S/C14H20N4S2.HI/c1-11-16-9-13(20-11)10-17-14(15-2)18(3)7-6-12-5-4-8-19-12;/h4-5,8-9H,6-7,10H2,1-3H3,(H,15,17);1H. The topological polar surface area (TPSA) is 40.5 Å². The molecule has 0 amide bonds. The Hall–Kier alpha value is -0.670. The van der Waals surface area contributed by atoms with Crippen molar-refractivity contribution in [2.75, 3.05) is 20.6 Å². The molecule has 0 saturated carbocycles. The van der Waals surface area contributed by atoms with Crippen molar-refractivity contribution >= 4 is 52.6 Å². The van der Waals surface area contributed by atoms with Crippen LogP contribution in [0.1, 0.15) is 14.8 Å². The molecule has 0 fully saturated rings. The first-order valence-corrected chi connectivity index (χ1v) is 8.24. The van der Waals surface area contributed by atoms with Crippen LogP contribution < -0.4 is 5.32 Å². The second-order valence-corrected chi connectivity index (χ2v) is 6.85. The van der Waals surface area contributed by atoms with Gasteiger partial charge in [-0.25, -0.2) is 4.98 Å². The molecule has 0 aliphatic rings. The molecule has 0 bridgehead atoms. The minimum atomic E-state index is 0. The first kappa shape index (κ1) is 18.4. The number of likely N-dealkylation sites (N-methyl/N-ethyl adjacent to an activating group) is 1. The Kier molecular flexibility index (Phi) is 8.20. The molecule has 4 nitrogen and oxygen atoms in total. The minimum absolute atomic E-state index is 0. The van der Waals surface area contributed by atoms with Gasteiger partial charge in [0.1, 0.15) is 0 Å². The molecular formula is C14H21IN4S2. The zero-order valence-corrected chi connectivity index (χ0v) is 16.5. The van der Waals surface area contributed by atoms with E-state index in [2.05, 4.69) is 44.8 Å². The number of thiophene rings is 1. The molecule has 2 heterocycles. The van der Waals surface area contributed by atoms with Crippen LogP contribution in [-0.4, -0.2) is 36.5 Å². The van der Waals surface area contributed by atoms with E-state index in [1.807, 2.05) is 20.2 Å². The summed E-state index contributed by atoms with van der Waals surface area (Å²) in [5.74, 6) is 0.924. The van der Waals surface area contributed by atoms with E-state index >= 15 is 0 Å². The zero-order chi connectivity index (χ0) is 14.4. The number of hydrogen-bond acceptors (Lipinski definition) is 4. The van der Waals surface area contributed by atoms with E-state index < -0.39 is 0 Å². The molecule has 21 heavy (non-hydrogen) atoms. The second-order valence-electron chi connectivity index (χ2n) is 4.50. The predicted octanol–water partition coefficient (Wildman–Crippen LogP) is 3.38. The van der Waals surface area contributed by atoms with Gasteiger partial charge < -0.3 is 10.2 Å². The van der Waals surface area contributed by atoms with Crippen LogP contribution in [0.15, 0.2) is 28.7 Å². The van der Waals surface area contributed by atoms with Crippen LogP contribution in [0.3, 0.4) is 0 Å². The van der Waals surface area contributed by atoms with Gasteiger partial charge in [0.15, 0.2) is 5.96 Å². The molecular weight excluding hydrogens is 415 g/mol. The molecule has 2 aromatic rings. The quantitative estimate of drug-likeness (QED) is 0.444. The van der Waals surface area contributed by atoms with Gasteiger partial charge in [0, 0.05) is 36.6 Å². The Balaban J connectivity index is 0.00000220. The number of rotatable bonds is 5. The lowest BCUT2D eigenvalue weighted by Crippen LogP contribution is -2.39. The van der Waals surface area contributed by atoms with Crippen LogP contribution in [0.5, 0.6) is 0 Å². The highest BCUT2D eigenvalue weighted by molar-refractivity contribution is 14.0. The SMILES string of the molecule is CN=C(NCc1cnc(C)s1)N(C)CCc1cccs1.I. The van der Waals surface area contributed by atoms with E-state index in [9.17, 15) is 0 Å². The van der Waals surface area contributed by atoms with Crippen LogP contribution in [0.4, 0.5) is 0 Å². The predicted molar refractivity (Wildman–Crippen MR) is 103 cm³/mol. The highest BCUT2D eigenvalue weighted by atomic mass is 127. The Morgan fingerprint density at radius 2 is 2.24 bits per heavy atom. The van der Waals surface area contributed by atoms with E-state index in [-0.39, 0.29) is 24.0 Å². The first-order chi connectivity index (χ1) is 9.69. The Bertz CT molecular complexity index is 551. The number of nitrogens with zero attached hydrogens (tertiary/aromatic N) is 3. The molecule has 7 heteroatoms. The Labute approximate surface area is 151 Å². The van der Waals surface area contributed by atoms with Gasteiger partial charge in [-0.05, 0) is 24.8 Å². The van der Waals surface area contributed by atoms with E-state index in [1.54, 1.807) is 22.7 Å². The first-order valence-electron chi connectivity index (χ1n) is 6.54. The molecule has 116 valence electrons. The summed E-state index contributed by atoms with van der Waals surface area (Å²) in [6.07, 6.45) is 2.97. The van der Waals surface area contributed by atoms with Crippen molar-refractivity contribution in [3.63, 3.8) is 0 Å². The van der Waals surface area contributed by atoms with E-state index in [4.69, 9.17) is 0 Å². The molecule has 0 spiro atoms. The number of hydrogen-bond donors (Lipinski definition) is 1. The third-order valence-corrected chi connectivity index (χ3v) is 4.79. The van der Waals surface area contributed by atoms with Gasteiger partial charge >= 0.3 is 0 Å². The van der Waals surface area contributed by atoms with Crippen molar-refractivity contribution in [2.24, 2.45) is 4.99 Å². The summed E-state index contributed by atoms with van der Waals surface area (Å²) in [7, 11) is 3.89. The fourth-order valence-corrected chi connectivity index (χ4v) is 3.31. The number of aromatic nitrogens is 1. The van der Waals surface area contributed by atoms with Gasteiger partial charge in [0.25, 0.3) is 0 Å². The van der Waals surface area contributed by atoms with Gasteiger partial charge in [-0.15, -0.1) is 46.7 Å². The van der Waals surface area contributed by atoms with Crippen molar-refractivity contribution in [2.45, 2.75) is 19.9 Å². The Morgan fingerprint density at radius 1 is 1.43 bits per heavy atom. The Morgan fingerprint density at radius 3 is 2.81 bits per heavy atom. The summed E-state index contributed by atoms with van der Waals surface area (Å²) in [6.45, 7) is 3.76. The molecule has 0 radical (unpaired) electrons. The van der Waals surface area contributed by atoms with Crippen molar-refractivity contribution in [3.05, 3.63) is 38.5 Å².